The van der Waals surface area contributed by atoms with Gasteiger partial charge in [-0.1, -0.05) is 25.3 Å². The van der Waals surface area contributed by atoms with E-state index in [0.717, 1.165) is 12.5 Å². The zero-order valence-corrected chi connectivity index (χ0v) is 12.6. The monoisotopic (exact) mass is 334 g/mol. The van der Waals surface area contributed by atoms with Crippen LogP contribution >= 0.6 is 0 Å². The molecule has 0 unspecified atom stereocenters. The molecule has 0 N–H and O–H groups in total. The average Bonchev–Trinajstić information content (AvgIpc) is 2.58. The van der Waals surface area contributed by atoms with E-state index in [1.165, 1.54) is 24.3 Å². The summed E-state index contributed by atoms with van der Waals surface area (Å²) < 4.78 is 18.2. The Bertz CT molecular complexity index is 605. The van der Waals surface area contributed by atoms with E-state index in [9.17, 15) is 19.2 Å². The molecule has 1 aromatic carbocycles. The van der Waals surface area contributed by atoms with Gasteiger partial charge in [-0.3, -0.25) is 0 Å². The van der Waals surface area contributed by atoms with Gasteiger partial charge in [-0.25, -0.2) is 19.2 Å². The normalized spacial score (nSPS) is 9.33. The van der Waals surface area contributed by atoms with Gasteiger partial charge in [-0.2, -0.15) is 0 Å². The third-order valence-electron chi connectivity index (χ3n) is 2.44. The molecule has 0 saturated carbocycles. The van der Waals surface area contributed by atoms with Gasteiger partial charge in [0, 0.05) is 0 Å². The molecule has 8 heteroatoms. The van der Waals surface area contributed by atoms with Crippen LogP contribution in [0.4, 0.5) is 0 Å². The Hall–Kier alpha value is -3.42. The lowest BCUT2D eigenvalue weighted by Gasteiger charge is -2.08. The molecule has 0 amide bonds. The third-order valence-corrected chi connectivity index (χ3v) is 2.44. The molecule has 1 rings (SSSR count). The van der Waals surface area contributed by atoms with Crippen molar-refractivity contribution in [2.24, 2.45) is 0 Å². The molecule has 0 bridgehead atoms. The highest BCUT2D eigenvalue weighted by molar-refractivity contribution is 6.03. The van der Waals surface area contributed by atoms with Crippen molar-refractivity contribution < 1.29 is 38.1 Å². The maximum Gasteiger partial charge on any atom is 0.349 e. The summed E-state index contributed by atoms with van der Waals surface area (Å²) >= 11 is 0. The molecule has 8 nitrogen and oxygen atoms in total. The summed E-state index contributed by atoms with van der Waals surface area (Å²) in [4.78, 5) is 46.1. The number of hydrogen-bond acceptors (Lipinski definition) is 8. The number of hydrogen-bond donors (Lipinski definition) is 0. The Morgan fingerprint density at radius 3 is 1.50 bits per heavy atom. The van der Waals surface area contributed by atoms with Crippen LogP contribution in [0, 0.1) is 0 Å². The quantitative estimate of drug-likeness (QED) is 0.399. The van der Waals surface area contributed by atoms with E-state index in [-0.39, 0.29) is 11.1 Å². The van der Waals surface area contributed by atoms with Gasteiger partial charge >= 0.3 is 23.9 Å². The molecule has 0 radical (unpaired) electrons. The molecular weight excluding hydrogens is 320 g/mol. The van der Waals surface area contributed by atoms with Gasteiger partial charge in [0.2, 0.25) is 0 Å². The van der Waals surface area contributed by atoms with E-state index in [1.54, 1.807) is 0 Å². The number of ether oxygens (including phenoxy) is 4. The Kier molecular flexibility index (Phi) is 7.43. The van der Waals surface area contributed by atoms with E-state index in [0.29, 0.717) is 0 Å². The van der Waals surface area contributed by atoms with Crippen LogP contribution in [0.5, 0.6) is 0 Å². The zero-order valence-electron chi connectivity index (χ0n) is 12.6. The number of carbonyl (C=O) groups is 4. The van der Waals surface area contributed by atoms with Crippen LogP contribution in [0.15, 0.2) is 49.9 Å². The molecule has 0 saturated heterocycles. The fourth-order valence-corrected chi connectivity index (χ4v) is 1.50. The Morgan fingerprint density at radius 2 is 1.17 bits per heavy atom. The second-order valence-electron chi connectivity index (χ2n) is 4.01. The molecule has 0 heterocycles. The van der Waals surface area contributed by atoms with Crippen LogP contribution in [-0.4, -0.2) is 37.1 Å². The first-order chi connectivity index (χ1) is 11.5. The average molecular weight is 334 g/mol. The van der Waals surface area contributed by atoms with Gasteiger partial charge in [-0.05, 0) is 12.1 Å². The van der Waals surface area contributed by atoms with Crippen molar-refractivity contribution >= 4 is 23.9 Å². The summed E-state index contributed by atoms with van der Waals surface area (Å²) in [5.74, 6) is -3.52. The third kappa shape index (κ3) is 5.76. The highest BCUT2D eigenvalue weighted by Gasteiger charge is 2.20. The van der Waals surface area contributed by atoms with Crippen molar-refractivity contribution in [3.63, 3.8) is 0 Å². The summed E-state index contributed by atoms with van der Waals surface area (Å²) in [5.41, 5.74) is -0.267. The molecule has 0 spiro atoms. The summed E-state index contributed by atoms with van der Waals surface area (Å²) in [5, 5.41) is 0. The van der Waals surface area contributed by atoms with Crippen molar-refractivity contribution in [1.29, 1.82) is 0 Å². The predicted molar refractivity (Wildman–Crippen MR) is 79.6 cm³/mol. The molecule has 126 valence electrons. The molecule has 0 aliphatic rings. The first-order valence-corrected chi connectivity index (χ1v) is 6.53. The van der Waals surface area contributed by atoms with E-state index < -0.39 is 37.1 Å². The Labute approximate surface area is 137 Å². The van der Waals surface area contributed by atoms with Gasteiger partial charge in [0.15, 0.2) is 13.2 Å². The number of benzene rings is 1. The molecule has 0 atom stereocenters. The van der Waals surface area contributed by atoms with E-state index in [1.807, 2.05) is 0 Å². The fourth-order valence-electron chi connectivity index (χ4n) is 1.50. The first-order valence-electron chi connectivity index (χ1n) is 6.53. The molecule has 24 heavy (non-hydrogen) atoms. The highest BCUT2D eigenvalue weighted by Crippen LogP contribution is 2.12. The van der Waals surface area contributed by atoms with E-state index >= 15 is 0 Å². The van der Waals surface area contributed by atoms with Gasteiger partial charge in [-0.15, -0.1) is 0 Å². The standard InChI is InChI=1S/C16H14O8/c1-3-21-13(17)9-23-15(19)11-7-5-6-8-12(11)16(20)24-10-14(18)22-4-2/h3-8H,1-2,9-10H2. The van der Waals surface area contributed by atoms with Crippen molar-refractivity contribution in [3.8, 4) is 0 Å². The molecule has 0 aliphatic carbocycles. The number of rotatable bonds is 8. The van der Waals surface area contributed by atoms with Crippen LogP contribution in [-0.2, 0) is 28.5 Å². The highest BCUT2D eigenvalue weighted by atomic mass is 16.6. The minimum atomic E-state index is -0.933. The van der Waals surface area contributed by atoms with E-state index in [4.69, 9.17) is 9.47 Å². The van der Waals surface area contributed by atoms with Crippen LogP contribution in [0.1, 0.15) is 20.7 Å². The predicted octanol–water partition coefficient (Wildman–Crippen LogP) is 1.37. The topological polar surface area (TPSA) is 105 Å². The molecular formula is C16H14O8. The maximum absolute atomic E-state index is 12.0. The lowest BCUT2D eigenvalue weighted by atomic mass is 10.1. The van der Waals surface area contributed by atoms with Gasteiger partial charge < -0.3 is 18.9 Å². The summed E-state index contributed by atoms with van der Waals surface area (Å²) in [6.45, 7) is 5.06. The van der Waals surface area contributed by atoms with Crippen molar-refractivity contribution in [3.05, 3.63) is 61.1 Å². The molecule has 0 fully saturated rings. The van der Waals surface area contributed by atoms with Crippen LogP contribution in [0.2, 0.25) is 0 Å². The lowest BCUT2D eigenvalue weighted by Crippen LogP contribution is -2.19. The lowest BCUT2D eigenvalue weighted by molar-refractivity contribution is -0.142. The SMILES string of the molecule is C=COC(=O)COC(=O)c1ccccc1C(=O)OCC(=O)OC=C. The van der Waals surface area contributed by atoms with Crippen LogP contribution in [0.3, 0.4) is 0 Å². The van der Waals surface area contributed by atoms with Crippen molar-refractivity contribution in [2.45, 2.75) is 0 Å². The van der Waals surface area contributed by atoms with E-state index in [2.05, 4.69) is 22.6 Å². The minimum Gasteiger partial charge on any atom is -0.450 e. The zero-order chi connectivity index (χ0) is 17.9. The smallest absolute Gasteiger partial charge is 0.349 e. The molecule has 0 aromatic heterocycles. The largest absolute Gasteiger partial charge is 0.450 e. The summed E-state index contributed by atoms with van der Waals surface area (Å²) in [6, 6.07) is 5.59. The number of esters is 4. The van der Waals surface area contributed by atoms with Crippen LogP contribution < -0.4 is 0 Å². The maximum atomic E-state index is 12.0. The number of carbonyl (C=O) groups excluding carboxylic acids is 4. The van der Waals surface area contributed by atoms with Crippen LogP contribution in [0.25, 0.3) is 0 Å². The second-order valence-corrected chi connectivity index (χ2v) is 4.01. The Balaban J connectivity index is 2.76. The summed E-state index contributed by atoms with van der Waals surface area (Å²) in [7, 11) is 0. The van der Waals surface area contributed by atoms with Crippen molar-refractivity contribution in [1.82, 2.24) is 0 Å². The molecule has 1 aromatic rings. The van der Waals surface area contributed by atoms with Gasteiger partial charge in [0.05, 0.1) is 23.7 Å². The Morgan fingerprint density at radius 1 is 0.792 bits per heavy atom. The summed E-state index contributed by atoms with van der Waals surface area (Å²) in [6.07, 6.45) is 1.79. The minimum absolute atomic E-state index is 0.133. The van der Waals surface area contributed by atoms with Gasteiger partial charge in [0.25, 0.3) is 0 Å². The van der Waals surface area contributed by atoms with Crippen molar-refractivity contribution in [2.75, 3.05) is 13.2 Å². The molecule has 0 aliphatic heterocycles. The second kappa shape index (κ2) is 9.57. The fraction of sp³-hybridized carbons (Fsp3) is 0.125. The van der Waals surface area contributed by atoms with Gasteiger partial charge in [0.1, 0.15) is 0 Å². The first kappa shape index (κ1) is 18.6.